The minimum atomic E-state index is -1.82. The molecule has 0 aliphatic rings. The Labute approximate surface area is 152 Å². The highest BCUT2D eigenvalue weighted by atomic mass is 28.3. The van der Waals surface area contributed by atoms with E-state index in [-0.39, 0.29) is 5.78 Å². The Balaban J connectivity index is 2.49. The van der Waals surface area contributed by atoms with Gasteiger partial charge in [0.05, 0.1) is 15.2 Å². The van der Waals surface area contributed by atoms with Crippen LogP contribution in [0.1, 0.15) is 31.4 Å². The van der Waals surface area contributed by atoms with E-state index in [1.807, 2.05) is 12.1 Å². The van der Waals surface area contributed by atoms with Crippen LogP contribution in [-0.2, 0) is 4.79 Å². The van der Waals surface area contributed by atoms with Crippen LogP contribution in [0, 0.1) is 0 Å². The highest BCUT2D eigenvalue weighted by molar-refractivity contribution is 6.91. The van der Waals surface area contributed by atoms with Gasteiger partial charge in [-0.2, -0.15) is 0 Å². The molecular formula is C22H28O2Si. The first-order valence-electron chi connectivity index (χ1n) is 8.71. The van der Waals surface area contributed by atoms with Gasteiger partial charge in [0.25, 0.3) is 0 Å². The predicted molar refractivity (Wildman–Crippen MR) is 108 cm³/mol. The molecule has 0 fully saturated rings. The minimum absolute atomic E-state index is 0.210. The van der Waals surface area contributed by atoms with Crippen molar-refractivity contribution in [2.75, 3.05) is 7.11 Å². The van der Waals surface area contributed by atoms with E-state index in [2.05, 4.69) is 68.6 Å². The average Bonchev–Trinajstić information content (AvgIpc) is 2.60. The fraction of sp³-hybridized carbons (Fsp3) is 0.318. The molecule has 0 bridgehead atoms. The fourth-order valence-corrected chi connectivity index (χ4v) is 6.45. The molecule has 0 saturated carbocycles. The van der Waals surface area contributed by atoms with Crippen LogP contribution in [0.2, 0.25) is 13.1 Å². The number of hydrogen-bond acceptors (Lipinski definition) is 2. The van der Waals surface area contributed by atoms with Crippen molar-refractivity contribution in [2.45, 2.75) is 38.9 Å². The third-order valence-electron chi connectivity index (χ3n) is 4.75. The van der Waals surface area contributed by atoms with E-state index in [1.54, 1.807) is 14.0 Å². The van der Waals surface area contributed by atoms with Gasteiger partial charge in [-0.25, -0.2) is 0 Å². The zero-order chi connectivity index (χ0) is 18.4. The Kier molecular flexibility index (Phi) is 6.37. The fourth-order valence-electron chi connectivity index (χ4n) is 3.32. The third-order valence-corrected chi connectivity index (χ3v) is 8.63. The molecule has 1 atom stereocenters. The van der Waals surface area contributed by atoms with Crippen LogP contribution in [0.25, 0.3) is 0 Å². The number of benzene rings is 2. The number of ketones is 1. The molecule has 0 heterocycles. The first kappa shape index (κ1) is 19.2. The summed E-state index contributed by atoms with van der Waals surface area (Å²) in [6.45, 7) is 8.51. The van der Waals surface area contributed by atoms with E-state index in [4.69, 9.17) is 4.74 Å². The molecule has 0 amide bonds. The standard InChI is InChI=1S/C22H28O2Si/c1-17(15-18(2)23)16-22(19-11-13-20(24-3)14-12-19)25(4,5)21-9-7-6-8-10-21/h6-14,16,22H,15H2,1-5H3/b17-16-/t22-/m1/s1. The van der Waals surface area contributed by atoms with E-state index >= 15 is 0 Å². The van der Waals surface area contributed by atoms with E-state index in [0.29, 0.717) is 12.0 Å². The topological polar surface area (TPSA) is 26.3 Å². The Morgan fingerprint density at radius 1 is 1.04 bits per heavy atom. The van der Waals surface area contributed by atoms with Crippen molar-refractivity contribution in [3.8, 4) is 5.75 Å². The van der Waals surface area contributed by atoms with Crippen LogP contribution >= 0.6 is 0 Å². The Bertz CT molecular complexity index is 730. The maximum atomic E-state index is 11.5. The van der Waals surface area contributed by atoms with Gasteiger partial charge >= 0.3 is 0 Å². The smallest absolute Gasteiger partial charge is 0.133 e. The zero-order valence-electron chi connectivity index (χ0n) is 15.9. The van der Waals surface area contributed by atoms with E-state index < -0.39 is 8.07 Å². The second kappa shape index (κ2) is 8.30. The number of methoxy groups -OCH3 is 1. The molecule has 2 nitrogen and oxygen atoms in total. The third kappa shape index (κ3) is 4.92. The Morgan fingerprint density at radius 3 is 2.16 bits per heavy atom. The van der Waals surface area contributed by atoms with Crippen LogP contribution in [0.3, 0.4) is 0 Å². The van der Waals surface area contributed by atoms with Crippen molar-refractivity contribution >= 4 is 19.0 Å². The van der Waals surface area contributed by atoms with E-state index in [1.165, 1.54) is 10.8 Å². The average molecular weight is 353 g/mol. The molecule has 0 N–H and O–H groups in total. The quantitative estimate of drug-likeness (QED) is 0.525. The number of carbonyl (C=O) groups excluding carboxylic acids is 1. The molecule has 3 heteroatoms. The highest BCUT2D eigenvalue weighted by Gasteiger charge is 2.33. The SMILES string of the molecule is COc1ccc([C@@H](/C=C(/C)CC(C)=O)[Si](C)(C)c2ccccc2)cc1. The van der Waals surface area contributed by atoms with Gasteiger partial charge in [0.2, 0.25) is 0 Å². The number of hydrogen-bond donors (Lipinski definition) is 0. The molecule has 25 heavy (non-hydrogen) atoms. The summed E-state index contributed by atoms with van der Waals surface area (Å²) in [5, 5.41) is 1.42. The lowest BCUT2D eigenvalue weighted by Crippen LogP contribution is -2.47. The van der Waals surface area contributed by atoms with Crippen LogP contribution in [-0.4, -0.2) is 21.0 Å². The number of carbonyl (C=O) groups is 1. The molecule has 132 valence electrons. The summed E-state index contributed by atoms with van der Waals surface area (Å²) in [4.78, 5) is 11.5. The lowest BCUT2D eigenvalue weighted by atomic mass is 10.1. The zero-order valence-corrected chi connectivity index (χ0v) is 16.9. The summed E-state index contributed by atoms with van der Waals surface area (Å²) in [6.07, 6.45) is 2.83. The molecule has 0 aliphatic heterocycles. The molecule has 0 aromatic heterocycles. The largest absolute Gasteiger partial charge is 0.497 e. The van der Waals surface area contributed by atoms with Crippen molar-refractivity contribution in [2.24, 2.45) is 0 Å². The molecule has 0 saturated heterocycles. The van der Waals surface area contributed by atoms with Gasteiger partial charge in [0.15, 0.2) is 0 Å². The van der Waals surface area contributed by atoms with Gasteiger partial charge in [-0.3, -0.25) is 4.79 Å². The molecule has 2 rings (SSSR count). The summed E-state index contributed by atoms with van der Waals surface area (Å²) in [5.74, 6) is 1.08. The molecule has 0 unspecified atom stereocenters. The molecular weight excluding hydrogens is 324 g/mol. The highest BCUT2D eigenvalue weighted by Crippen LogP contribution is 2.31. The van der Waals surface area contributed by atoms with Crippen molar-refractivity contribution in [1.29, 1.82) is 0 Å². The summed E-state index contributed by atoms with van der Waals surface area (Å²) < 4.78 is 5.30. The van der Waals surface area contributed by atoms with Crippen LogP contribution in [0.4, 0.5) is 0 Å². The second-order valence-corrected chi connectivity index (χ2v) is 11.9. The van der Waals surface area contributed by atoms with Gasteiger partial charge in [0, 0.05) is 12.0 Å². The lowest BCUT2D eigenvalue weighted by Gasteiger charge is -2.32. The number of ether oxygens (including phenoxy) is 1. The maximum absolute atomic E-state index is 11.5. The summed E-state index contributed by atoms with van der Waals surface area (Å²) >= 11 is 0. The van der Waals surface area contributed by atoms with Gasteiger partial charge in [-0.15, -0.1) is 0 Å². The molecule has 0 radical (unpaired) electrons. The van der Waals surface area contributed by atoms with Gasteiger partial charge < -0.3 is 4.74 Å². The normalized spacial score (nSPS) is 13.4. The van der Waals surface area contributed by atoms with Gasteiger partial charge in [-0.1, -0.05) is 72.4 Å². The van der Waals surface area contributed by atoms with Crippen molar-refractivity contribution in [3.05, 3.63) is 71.8 Å². The van der Waals surface area contributed by atoms with Gasteiger partial charge in [0.1, 0.15) is 11.5 Å². The molecule has 2 aromatic carbocycles. The monoisotopic (exact) mass is 352 g/mol. The number of Topliss-reactive ketones (excluding diaryl/α,β-unsaturated/α-hetero) is 1. The van der Waals surface area contributed by atoms with Crippen LogP contribution in [0.5, 0.6) is 5.75 Å². The molecule has 0 aliphatic carbocycles. The van der Waals surface area contributed by atoms with Crippen molar-refractivity contribution in [3.63, 3.8) is 0 Å². The number of rotatable bonds is 7. The van der Waals surface area contributed by atoms with Gasteiger partial charge in [-0.05, 0) is 31.5 Å². The summed E-state index contributed by atoms with van der Waals surface area (Å²) in [5.41, 5.74) is 2.73. The minimum Gasteiger partial charge on any atom is -0.497 e. The van der Waals surface area contributed by atoms with Crippen LogP contribution < -0.4 is 9.92 Å². The van der Waals surface area contributed by atoms with Crippen LogP contribution in [0.15, 0.2) is 66.2 Å². The maximum Gasteiger partial charge on any atom is 0.133 e. The van der Waals surface area contributed by atoms with Crippen molar-refractivity contribution < 1.29 is 9.53 Å². The number of allylic oxidation sites excluding steroid dienone is 2. The first-order chi connectivity index (χ1) is 11.8. The van der Waals surface area contributed by atoms with E-state index in [9.17, 15) is 4.79 Å². The molecule has 2 aromatic rings. The summed E-state index contributed by atoms with van der Waals surface area (Å²) in [7, 11) is -0.133. The van der Waals surface area contributed by atoms with Crippen molar-refractivity contribution in [1.82, 2.24) is 0 Å². The predicted octanol–water partition coefficient (Wildman–Crippen LogP) is 4.86. The Morgan fingerprint density at radius 2 is 1.64 bits per heavy atom. The van der Waals surface area contributed by atoms with E-state index in [0.717, 1.165) is 11.3 Å². The summed E-state index contributed by atoms with van der Waals surface area (Å²) in [6, 6.07) is 19.1. The molecule has 0 spiro atoms. The Hall–Kier alpha value is -2.13. The first-order valence-corrected chi connectivity index (χ1v) is 11.8. The lowest BCUT2D eigenvalue weighted by molar-refractivity contribution is -0.116. The second-order valence-electron chi connectivity index (χ2n) is 7.23.